The summed E-state index contributed by atoms with van der Waals surface area (Å²) in [6.45, 7) is 5.85. The van der Waals surface area contributed by atoms with Gasteiger partial charge in [-0.3, -0.25) is 14.4 Å². The third-order valence-electron chi connectivity index (χ3n) is 6.93. The van der Waals surface area contributed by atoms with Gasteiger partial charge in [-0.15, -0.1) is 0 Å². The monoisotopic (exact) mass is 537 g/mol. The Kier molecular flexibility index (Phi) is 8.23. The van der Waals surface area contributed by atoms with Crippen molar-refractivity contribution in [3.8, 4) is 17.2 Å². The van der Waals surface area contributed by atoms with Crippen LogP contribution in [0.2, 0.25) is 0 Å². The maximum atomic E-state index is 15.3. The molecule has 0 saturated carbocycles. The van der Waals surface area contributed by atoms with Crippen molar-refractivity contribution >= 4 is 34.4 Å². The first-order chi connectivity index (χ1) is 18.7. The van der Waals surface area contributed by atoms with Gasteiger partial charge in [-0.25, -0.2) is 4.39 Å². The molecule has 0 radical (unpaired) electrons. The van der Waals surface area contributed by atoms with Crippen molar-refractivity contribution in [2.45, 2.75) is 20.4 Å². The van der Waals surface area contributed by atoms with Crippen molar-refractivity contribution in [3.05, 3.63) is 63.7 Å². The number of carbonyl (C=O) groups excluding carboxylic acids is 2. The number of aromatic nitrogens is 1. The second kappa shape index (κ2) is 11.6. The van der Waals surface area contributed by atoms with Gasteiger partial charge >= 0.3 is 0 Å². The van der Waals surface area contributed by atoms with Gasteiger partial charge in [0.05, 0.1) is 38.1 Å². The largest absolute Gasteiger partial charge is 0.493 e. The highest BCUT2D eigenvalue weighted by Gasteiger charge is 2.23. The quantitative estimate of drug-likeness (QED) is 0.319. The minimum absolute atomic E-state index is 0.00929. The number of aryl methyl sites for hydroxylation is 1. The molecule has 3 aromatic rings. The SMILES string of the molecule is CCn1cc(C(=O)C=Cc2cc(OC)c(OC)c(OC)c2)c(=O)c2cc(F)c(N3CCN(C(C)=O)CC3)cc21. The number of halogens is 1. The fraction of sp³-hybridized carbons (Fsp3) is 0.345. The molecule has 1 fully saturated rings. The van der Waals surface area contributed by atoms with Crippen molar-refractivity contribution in [2.24, 2.45) is 0 Å². The summed E-state index contributed by atoms with van der Waals surface area (Å²) in [4.78, 5) is 41.7. The van der Waals surface area contributed by atoms with Crippen LogP contribution in [0.15, 0.2) is 41.3 Å². The normalized spacial score (nSPS) is 13.7. The maximum absolute atomic E-state index is 15.3. The molecule has 1 aliphatic rings. The molecule has 39 heavy (non-hydrogen) atoms. The van der Waals surface area contributed by atoms with Crippen molar-refractivity contribution < 1.29 is 28.2 Å². The molecule has 1 aliphatic heterocycles. The summed E-state index contributed by atoms with van der Waals surface area (Å²) in [5.74, 6) is 0.212. The van der Waals surface area contributed by atoms with E-state index in [0.29, 0.717) is 66.7 Å². The molecule has 4 rings (SSSR count). The highest BCUT2D eigenvalue weighted by Crippen LogP contribution is 2.38. The van der Waals surface area contributed by atoms with Gasteiger partial charge in [0.2, 0.25) is 17.1 Å². The van der Waals surface area contributed by atoms with Gasteiger partial charge in [0.15, 0.2) is 17.3 Å². The summed E-state index contributed by atoms with van der Waals surface area (Å²) < 4.78 is 33.1. The van der Waals surface area contributed by atoms with Gasteiger partial charge < -0.3 is 28.6 Å². The Labute approximate surface area is 226 Å². The first kappa shape index (κ1) is 27.7. The van der Waals surface area contributed by atoms with Crippen molar-refractivity contribution in [3.63, 3.8) is 0 Å². The highest BCUT2D eigenvalue weighted by molar-refractivity contribution is 6.08. The van der Waals surface area contributed by atoms with Gasteiger partial charge in [0, 0.05) is 51.2 Å². The highest BCUT2D eigenvalue weighted by atomic mass is 19.1. The number of ether oxygens (including phenoxy) is 3. The van der Waals surface area contributed by atoms with Crippen LogP contribution in [0, 0.1) is 5.82 Å². The van der Waals surface area contributed by atoms with E-state index in [1.165, 1.54) is 46.6 Å². The molecule has 0 spiro atoms. The molecule has 1 saturated heterocycles. The fourth-order valence-corrected chi connectivity index (χ4v) is 4.80. The molecule has 10 heteroatoms. The van der Waals surface area contributed by atoms with E-state index in [2.05, 4.69) is 0 Å². The fourth-order valence-electron chi connectivity index (χ4n) is 4.80. The summed E-state index contributed by atoms with van der Waals surface area (Å²) in [5.41, 5.74) is 0.915. The molecule has 206 valence electrons. The van der Waals surface area contributed by atoms with Crippen molar-refractivity contribution in [1.29, 1.82) is 0 Å². The predicted molar refractivity (Wildman–Crippen MR) is 148 cm³/mol. The zero-order chi connectivity index (χ0) is 28.3. The summed E-state index contributed by atoms with van der Waals surface area (Å²) in [7, 11) is 4.49. The minimum Gasteiger partial charge on any atom is -0.493 e. The second-order valence-electron chi connectivity index (χ2n) is 9.13. The van der Waals surface area contributed by atoms with Gasteiger partial charge in [-0.05, 0) is 42.8 Å². The zero-order valence-corrected chi connectivity index (χ0v) is 22.7. The Morgan fingerprint density at radius 2 is 1.62 bits per heavy atom. The van der Waals surface area contributed by atoms with Crippen LogP contribution in [0.3, 0.4) is 0 Å². The number of anilines is 1. The lowest BCUT2D eigenvalue weighted by Gasteiger charge is -2.36. The van der Waals surface area contributed by atoms with E-state index in [1.54, 1.807) is 33.7 Å². The van der Waals surface area contributed by atoms with Crippen LogP contribution in [0.25, 0.3) is 17.0 Å². The van der Waals surface area contributed by atoms with Crippen LogP contribution in [-0.2, 0) is 11.3 Å². The second-order valence-corrected chi connectivity index (χ2v) is 9.13. The number of hydrogen-bond acceptors (Lipinski definition) is 7. The van der Waals surface area contributed by atoms with Crippen LogP contribution in [-0.4, -0.2) is 68.7 Å². The summed E-state index contributed by atoms with van der Waals surface area (Å²) in [5, 5.41) is 0.132. The number of pyridine rings is 1. The molecule has 0 N–H and O–H groups in total. The molecule has 1 amide bonds. The van der Waals surface area contributed by atoms with Crippen LogP contribution >= 0.6 is 0 Å². The standard InChI is InChI=1S/C29H32FN3O6/c1-6-31-17-21(25(35)8-7-19-13-26(37-3)29(39-5)27(14-19)38-4)28(36)20-15-22(30)24(16-23(20)31)33-11-9-32(10-12-33)18(2)34/h7-8,13-17H,6,9-12H2,1-5H3. The molecule has 9 nitrogen and oxygen atoms in total. The third-order valence-corrected chi connectivity index (χ3v) is 6.93. The minimum atomic E-state index is -0.545. The van der Waals surface area contributed by atoms with Gasteiger partial charge in [-0.1, -0.05) is 6.08 Å². The number of fused-ring (bicyclic) bond motifs is 1. The van der Waals surface area contributed by atoms with Crippen LogP contribution in [0.5, 0.6) is 17.2 Å². The molecule has 2 aromatic carbocycles. The summed E-state index contributed by atoms with van der Waals surface area (Å²) in [6, 6.07) is 6.22. The molecule has 0 aliphatic carbocycles. The molecule has 2 heterocycles. The number of allylic oxidation sites excluding steroid dienone is 1. The molecular formula is C29H32FN3O6. The number of rotatable bonds is 8. The van der Waals surface area contributed by atoms with E-state index in [4.69, 9.17) is 14.2 Å². The Hall–Kier alpha value is -4.34. The Morgan fingerprint density at radius 1 is 0.974 bits per heavy atom. The number of carbonyl (C=O) groups is 2. The van der Waals surface area contributed by atoms with E-state index in [-0.39, 0.29) is 16.9 Å². The zero-order valence-electron chi connectivity index (χ0n) is 22.7. The predicted octanol–water partition coefficient (Wildman–Crippen LogP) is 3.75. The number of benzene rings is 2. The van der Waals surface area contributed by atoms with E-state index >= 15 is 4.39 Å². The Balaban J connectivity index is 1.69. The Bertz CT molecular complexity index is 1480. The van der Waals surface area contributed by atoms with E-state index in [0.717, 1.165) is 0 Å². The molecule has 1 aromatic heterocycles. The first-order valence-corrected chi connectivity index (χ1v) is 12.6. The molecular weight excluding hydrogens is 505 g/mol. The number of ketones is 1. The lowest BCUT2D eigenvalue weighted by atomic mass is 10.1. The van der Waals surface area contributed by atoms with Crippen LogP contribution in [0.4, 0.5) is 10.1 Å². The number of hydrogen-bond donors (Lipinski definition) is 0. The molecule has 0 unspecified atom stereocenters. The number of nitrogens with zero attached hydrogens (tertiary/aromatic N) is 3. The first-order valence-electron chi connectivity index (χ1n) is 12.6. The maximum Gasteiger partial charge on any atom is 0.219 e. The topological polar surface area (TPSA) is 90.3 Å². The van der Waals surface area contributed by atoms with E-state index in [9.17, 15) is 14.4 Å². The Morgan fingerprint density at radius 3 is 2.15 bits per heavy atom. The third kappa shape index (κ3) is 5.45. The van der Waals surface area contributed by atoms with E-state index < -0.39 is 17.0 Å². The van der Waals surface area contributed by atoms with Crippen molar-refractivity contribution in [1.82, 2.24) is 9.47 Å². The number of amides is 1. The summed E-state index contributed by atoms with van der Waals surface area (Å²) >= 11 is 0. The average Bonchev–Trinajstić information content (AvgIpc) is 2.95. The van der Waals surface area contributed by atoms with Gasteiger partial charge in [-0.2, -0.15) is 0 Å². The van der Waals surface area contributed by atoms with Gasteiger partial charge in [0.25, 0.3) is 0 Å². The smallest absolute Gasteiger partial charge is 0.219 e. The van der Waals surface area contributed by atoms with Crippen molar-refractivity contribution in [2.75, 3.05) is 52.4 Å². The average molecular weight is 538 g/mol. The lowest BCUT2D eigenvalue weighted by molar-refractivity contribution is -0.129. The molecule has 0 bridgehead atoms. The van der Waals surface area contributed by atoms with Crippen LogP contribution < -0.4 is 24.5 Å². The summed E-state index contributed by atoms with van der Waals surface area (Å²) in [6.07, 6.45) is 4.36. The van der Waals surface area contributed by atoms with Gasteiger partial charge in [0.1, 0.15) is 5.82 Å². The lowest BCUT2D eigenvalue weighted by Crippen LogP contribution is -2.48. The number of methoxy groups -OCH3 is 3. The van der Waals surface area contributed by atoms with E-state index in [1.807, 2.05) is 11.8 Å². The number of piperazine rings is 1. The van der Waals surface area contributed by atoms with Crippen LogP contribution in [0.1, 0.15) is 29.8 Å². The molecule has 0 atom stereocenters.